The number of morpholine rings is 1. The van der Waals surface area contributed by atoms with Crippen molar-refractivity contribution in [3.05, 3.63) is 24.0 Å². The van der Waals surface area contributed by atoms with E-state index in [1.54, 1.807) is 6.07 Å². The number of carbonyl (C=O) groups excluding carboxylic acids is 2. The minimum atomic E-state index is -0.541. The molecule has 2 amide bonds. The van der Waals surface area contributed by atoms with E-state index >= 15 is 0 Å². The van der Waals surface area contributed by atoms with Crippen LogP contribution in [0.5, 0.6) is 0 Å². The van der Waals surface area contributed by atoms with Gasteiger partial charge >= 0.3 is 6.09 Å². The molecule has 2 heterocycles. The molecular weight excluding hydrogens is 291 g/mol. The Kier molecular flexibility index (Phi) is 3.98. The summed E-state index contributed by atoms with van der Waals surface area (Å²) in [7, 11) is 0. The molecule has 2 fully saturated rings. The van der Waals surface area contributed by atoms with Crippen LogP contribution in [-0.2, 0) is 14.3 Å². The number of hydrogen-bond acceptors (Lipinski definition) is 4. The number of cyclic esters (lactones) is 1. The Balaban J connectivity index is 1.83. The Morgan fingerprint density at radius 3 is 2.77 bits per heavy atom. The summed E-state index contributed by atoms with van der Waals surface area (Å²) in [5, 5.41) is 0. The Bertz CT molecular complexity index is 607. The van der Waals surface area contributed by atoms with Gasteiger partial charge in [-0.1, -0.05) is 6.92 Å². The molecule has 1 aromatic rings. The fraction of sp³-hybridized carbons (Fsp3) is 0.467. The Morgan fingerprint density at radius 2 is 2.14 bits per heavy atom. The Hall–Kier alpha value is -2.15. The maximum atomic E-state index is 14.4. The van der Waals surface area contributed by atoms with Gasteiger partial charge in [0.2, 0.25) is 0 Å². The molecule has 0 radical (unpaired) electrons. The molecule has 0 aromatic heterocycles. The second-order valence-electron chi connectivity index (χ2n) is 5.26. The number of amides is 2. The van der Waals surface area contributed by atoms with Gasteiger partial charge in [-0.3, -0.25) is 9.69 Å². The monoisotopic (exact) mass is 308 g/mol. The van der Waals surface area contributed by atoms with Gasteiger partial charge in [-0.05, 0) is 24.6 Å². The second-order valence-corrected chi connectivity index (χ2v) is 5.26. The van der Waals surface area contributed by atoms with Crippen LogP contribution < -0.4 is 9.80 Å². The number of anilines is 2. The van der Waals surface area contributed by atoms with Crippen molar-refractivity contribution in [2.45, 2.75) is 19.4 Å². The van der Waals surface area contributed by atoms with Crippen LogP contribution in [0.15, 0.2) is 18.2 Å². The summed E-state index contributed by atoms with van der Waals surface area (Å²) in [6.45, 7) is 2.99. The number of carbonyl (C=O) groups is 2. The summed E-state index contributed by atoms with van der Waals surface area (Å²) in [4.78, 5) is 26.3. The predicted octanol–water partition coefficient (Wildman–Crippen LogP) is 1.92. The molecule has 2 aliphatic rings. The number of rotatable bonds is 3. The first-order valence-corrected chi connectivity index (χ1v) is 7.26. The molecule has 6 nitrogen and oxygen atoms in total. The first kappa shape index (κ1) is 14.8. The maximum absolute atomic E-state index is 14.4. The molecule has 0 unspecified atom stereocenters. The van der Waals surface area contributed by atoms with Crippen molar-refractivity contribution >= 4 is 23.4 Å². The fourth-order valence-electron chi connectivity index (χ4n) is 2.60. The SMILES string of the molecule is CC[C@H]1CN(c2ccc(N3CCOCC3=O)c(F)c2)C(=O)O1. The Morgan fingerprint density at radius 1 is 1.32 bits per heavy atom. The lowest BCUT2D eigenvalue weighted by Crippen LogP contribution is -2.42. The van der Waals surface area contributed by atoms with Crippen LogP contribution >= 0.6 is 0 Å². The second kappa shape index (κ2) is 5.92. The van der Waals surface area contributed by atoms with E-state index in [9.17, 15) is 14.0 Å². The van der Waals surface area contributed by atoms with Gasteiger partial charge in [0.15, 0.2) is 0 Å². The molecule has 0 spiro atoms. The molecule has 1 atom stereocenters. The van der Waals surface area contributed by atoms with Crippen molar-refractivity contribution in [3.8, 4) is 0 Å². The lowest BCUT2D eigenvalue weighted by Gasteiger charge is -2.27. The largest absolute Gasteiger partial charge is 0.444 e. The fourth-order valence-corrected chi connectivity index (χ4v) is 2.60. The average molecular weight is 308 g/mol. The smallest absolute Gasteiger partial charge is 0.414 e. The third kappa shape index (κ3) is 2.64. The lowest BCUT2D eigenvalue weighted by molar-refractivity contribution is -0.125. The standard InChI is InChI=1S/C15H17FN2O4/c1-2-11-8-18(15(20)22-11)10-3-4-13(12(16)7-10)17-5-6-21-9-14(17)19/h3-4,7,11H,2,5-6,8-9H2,1H3/t11-/m0/s1. The zero-order valence-corrected chi connectivity index (χ0v) is 12.3. The Labute approximate surface area is 127 Å². The number of nitrogens with zero attached hydrogens (tertiary/aromatic N) is 2. The van der Waals surface area contributed by atoms with E-state index in [1.165, 1.54) is 21.9 Å². The molecule has 118 valence electrons. The van der Waals surface area contributed by atoms with E-state index < -0.39 is 11.9 Å². The van der Waals surface area contributed by atoms with Crippen molar-refractivity contribution in [3.63, 3.8) is 0 Å². The van der Waals surface area contributed by atoms with Crippen LogP contribution in [0.4, 0.5) is 20.6 Å². The third-order valence-electron chi connectivity index (χ3n) is 3.85. The van der Waals surface area contributed by atoms with Gasteiger partial charge in [0.1, 0.15) is 18.5 Å². The predicted molar refractivity (Wildman–Crippen MR) is 77.5 cm³/mol. The van der Waals surface area contributed by atoms with Crippen LogP contribution in [0.2, 0.25) is 0 Å². The van der Waals surface area contributed by atoms with E-state index in [0.717, 1.165) is 0 Å². The van der Waals surface area contributed by atoms with Gasteiger partial charge in [0, 0.05) is 6.54 Å². The molecular formula is C15H17FN2O4. The average Bonchev–Trinajstić information content (AvgIpc) is 2.89. The third-order valence-corrected chi connectivity index (χ3v) is 3.85. The molecule has 2 aliphatic heterocycles. The van der Waals surface area contributed by atoms with Gasteiger partial charge in [-0.2, -0.15) is 0 Å². The van der Waals surface area contributed by atoms with Crippen molar-refractivity contribution in [1.29, 1.82) is 0 Å². The van der Waals surface area contributed by atoms with Crippen LogP contribution in [0.1, 0.15) is 13.3 Å². The summed E-state index contributed by atoms with van der Waals surface area (Å²) < 4.78 is 24.6. The molecule has 0 aliphatic carbocycles. The normalized spacial score (nSPS) is 22.2. The van der Waals surface area contributed by atoms with E-state index in [2.05, 4.69) is 0 Å². The van der Waals surface area contributed by atoms with Crippen molar-refractivity contribution in [2.24, 2.45) is 0 Å². The van der Waals surface area contributed by atoms with E-state index in [-0.39, 0.29) is 24.3 Å². The molecule has 0 saturated carbocycles. The molecule has 0 N–H and O–H groups in total. The van der Waals surface area contributed by atoms with Crippen LogP contribution in [0.3, 0.4) is 0 Å². The zero-order chi connectivity index (χ0) is 15.7. The highest BCUT2D eigenvalue weighted by molar-refractivity contribution is 5.96. The van der Waals surface area contributed by atoms with E-state index in [0.29, 0.717) is 31.8 Å². The van der Waals surface area contributed by atoms with Crippen molar-refractivity contribution < 1.29 is 23.5 Å². The summed E-state index contributed by atoms with van der Waals surface area (Å²) >= 11 is 0. The zero-order valence-electron chi connectivity index (χ0n) is 12.3. The van der Waals surface area contributed by atoms with Gasteiger partial charge < -0.3 is 14.4 Å². The summed E-state index contributed by atoms with van der Waals surface area (Å²) in [5.41, 5.74) is 0.638. The molecule has 3 rings (SSSR count). The molecule has 1 aromatic carbocycles. The minimum Gasteiger partial charge on any atom is -0.444 e. The quantitative estimate of drug-likeness (QED) is 0.856. The maximum Gasteiger partial charge on any atom is 0.414 e. The number of hydrogen-bond donors (Lipinski definition) is 0. The summed E-state index contributed by atoms with van der Waals surface area (Å²) in [6.07, 6.45) is 0.0722. The van der Waals surface area contributed by atoms with Gasteiger partial charge in [-0.15, -0.1) is 0 Å². The first-order valence-electron chi connectivity index (χ1n) is 7.26. The highest BCUT2D eigenvalue weighted by Crippen LogP contribution is 2.29. The molecule has 0 bridgehead atoms. The van der Waals surface area contributed by atoms with Crippen molar-refractivity contribution in [1.82, 2.24) is 0 Å². The van der Waals surface area contributed by atoms with Gasteiger partial charge in [0.25, 0.3) is 5.91 Å². The highest BCUT2D eigenvalue weighted by Gasteiger charge is 2.32. The molecule has 22 heavy (non-hydrogen) atoms. The number of ether oxygens (including phenoxy) is 2. The van der Waals surface area contributed by atoms with Crippen LogP contribution in [0.25, 0.3) is 0 Å². The summed E-state index contributed by atoms with van der Waals surface area (Å²) in [5.74, 6) is -0.815. The molecule has 7 heteroatoms. The van der Waals surface area contributed by atoms with Crippen LogP contribution in [0, 0.1) is 5.82 Å². The van der Waals surface area contributed by atoms with Gasteiger partial charge in [0.05, 0.1) is 24.5 Å². The van der Waals surface area contributed by atoms with Crippen LogP contribution in [-0.4, -0.2) is 44.4 Å². The van der Waals surface area contributed by atoms with E-state index in [1.807, 2.05) is 6.92 Å². The highest BCUT2D eigenvalue weighted by atomic mass is 19.1. The van der Waals surface area contributed by atoms with Gasteiger partial charge in [-0.25, -0.2) is 9.18 Å². The number of halogens is 1. The first-order chi connectivity index (χ1) is 10.6. The minimum absolute atomic E-state index is 0.0438. The number of benzene rings is 1. The molecule has 2 saturated heterocycles. The van der Waals surface area contributed by atoms with Crippen molar-refractivity contribution in [2.75, 3.05) is 36.1 Å². The lowest BCUT2D eigenvalue weighted by atomic mass is 10.2. The van der Waals surface area contributed by atoms with E-state index in [4.69, 9.17) is 9.47 Å². The topological polar surface area (TPSA) is 59.1 Å². The summed E-state index contributed by atoms with van der Waals surface area (Å²) in [6, 6.07) is 4.40.